The summed E-state index contributed by atoms with van der Waals surface area (Å²) in [5.74, 6) is 1.70. The summed E-state index contributed by atoms with van der Waals surface area (Å²) in [5, 5.41) is 15.8. The molecule has 0 atom stereocenters. The van der Waals surface area contributed by atoms with Crippen molar-refractivity contribution < 1.29 is 4.74 Å². The minimum atomic E-state index is 0.572. The fourth-order valence-electron chi connectivity index (χ4n) is 2.60. The van der Waals surface area contributed by atoms with Crippen molar-refractivity contribution in [3.05, 3.63) is 60.4 Å². The van der Waals surface area contributed by atoms with Crippen LogP contribution in [0.15, 0.2) is 59.7 Å². The van der Waals surface area contributed by atoms with Crippen LogP contribution in [0.1, 0.15) is 19.0 Å². The Morgan fingerprint density at radius 2 is 2.00 bits per heavy atom. The van der Waals surface area contributed by atoms with Crippen LogP contribution in [0.5, 0.6) is 5.75 Å². The number of ether oxygens (including phenoxy) is 1. The standard InChI is InChI=1S/C20H25N5O/c1-2-21-20(23-15-18-10-12-24-25-18)22-11-5-13-26-19-9-8-16-6-3-4-7-17(16)14-19/h3-4,6-10,12,14H,2,5,11,13,15H2,1H3,(H,24,25)(H2,21,22,23). The molecule has 26 heavy (non-hydrogen) atoms. The second-order valence-corrected chi connectivity index (χ2v) is 5.91. The third-order valence-electron chi connectivity index (χ3n) is 3.91. The molecule has 0 unspecified atom stereocenters. The van der Waals surface area contributed by atoms with Gasteiger partial charge in [-0.15, -0.1) is 0 Å². The summed E-state index contributed by atoms with van der Waals surface area (Å²) in [6.07, 6.45) is 2.62. The van der Waals surface area contributed by atoms with Gasteiger partial charge in [-0.25, -0.2) is 4.99 Å². The molecule has 0 fully saturated rings. The second-order valence-electron chi connectivity index (χ2n) is 5.91. The summed E-state index contributed by atoms with van der Waals surface area (Å²) >= 11 is 0. The average molecular weight is 351 g/mol. The normalized spacial score (nSPS) is 11.5. The fourth-order valence-corrected chi connectivity index (χ4v) is 2.60. The Kier molecular flexibility index (Phi) is 6.47. The molecule has 2 aromatic carbocycles. The quantitative estimate of drug-likeness (QED) is 0.331. The van der Waals surface area contributed by atoms with Crippen LogP contribution in [-0.2, 0) is 6.54 Å². The molecule has 0 aliphatic heterocycles. The molecule has 136 valence electrons. The monoisotopic (exact) mass is 351 g/mol. The number of hydrogen-bond acceptors (Lipinski definition) is 3. The van der Waals surface area contributed by atoms with Gasteiger partial charge in [-0.1, -0.05) is 30.3 Å². The largest absolute Gasteiger partial charge is 0.494 e. The molecule has 0 saturated carbocycles. The fraction of sp³-hybridized carbons (Fsp3) is 0.300. The first-order valence-corrected chi connectivity index (χ1v) is 8.97. The van der Waals surface area contributed by atoms with E-state index in [1.807, 2.05) is 24.3 Å². The zero-order chi connectivity index (χ0) is 18.0. The van der Waals surface area contributed by atoms with E-state index in [1.165, 1.54) is 10.8 Å². The van der Waals surface area contributed by atoms with E-state index >= 15 is 0 Å². The SMILES string of the molecule is CCNC(=NCc1ccn[nH]1)NCCCOc1ccc2ccccc2c1. The van der Waals surface area contributed by atoms with Crippen molar-refractivity contribution >= 4 is 16.7 Å². The van der Waals surface area contributed by atoms with Crippen LogP contribution in [-0.4, -0.2) is 35.9 Å². The predicted molar refractivity (Wildman–Crippen MR) is 105 cm³/mol. The van der Waals surface area contributed by atoms with Crippen molar-refractivity contribution in [2.45, 2.75) is 19.9 Å². The summed E-state index contributed by atoms with van der Waals surface area (Å²) in [4.78, 5) is 4.53. The zero-order valence-corrected chi connectivity index (χ0v) is 15.0. The molecule has 0 aliphatic carbocycles. The Balaban J connectivity index is 1.42. The van der Waals surface area contributed by atoms with Crippen molar-refractivity contribution in [3.8, 4) is 5.75 Å². The maximum Gasteiger partial charge on any atom is 0.191 e. The predicted octanol–water partition coefficient (Wildman–Crippen LogP) is 3.09. The minimum absolute atomic E-state index is 0.572. The molecular weight excluding hydrogens is 326 g/mol. The highest BCUT2D eigenvalue weighted by molar-refractivity contribution is 5.83. The van der Waals surface area contributed by atoms with Crippen molar-refractivity contribution in [2.24, 2.45) is 4.99 Å². The van der Waals surface area contributed by atoms with Crippen LogP contribution in [0.25, 0.3) is 10.8 Å². The van der Waals surface area contributed by atoms with Gasteiger partial charge < -0.3 is 15.4 Å². The molecule has 0 aliphatic rings. The van der Waals surface area contributed by atoms with E-state index in [0.717, 1.165) is 36.9 Å². The number of hydrogen-bond donors (Lipinski definition) is 3. The van der Waals surface area contributed by atoms with E-state index in [2.05, 4.69) is 57.0 Å². The van der Waals surface area contributed by atoms with E-state index in [0.29, 0.717) is 13.2 Å². The summed E-state index contributed by atoms with van der Waals surface area (Å²) in [7, 11) is 0. The number of H-pyrrole nitrogens is 1. The first-order valence-electron chi connectivity index (χ1n) is 8.97. The number of rotatable bonds is 8. The lowest BCUT2D eigenvalue weighted by atomic mass is 10.1. The summed E-state index contributed by atoms with van der Waals surface area (Å²) in [6, 6.07) is 16.4. The topological polar surface area (TPSA) is 74.3 Å². The van der Waals surface area contributed by atoms with Crippen molar-refractivity contribution in [2.75, 3.05) is 19.7 Å². The van der Waals surface area contributed by atoms with Gasteiger partial charge in [0.2, 0.25) is 0 Å². The molecule has 1 heterocycles. The Hall–Kier alpha value is -3.02. The lowest BCUT2D eigenvalue weighted by molar-refractivity contribution is 0.311. The highest BCUT2D eigenvalue weighted by Crippen LogP contribution is 2.20. The Morgan fingerprint density at radius 1 is 1.12 bits per heavy atom. The number of aliphatic imine (C=N–C) groups is 1. The van der Waals surface area contributed by atoms with Gasteiger partial charge in [0.1, 0.15) is 5.75 Å². The molecule has 6 nitrogen and oxygen atoms in total. The van der Waals surface area contributed by atoms with Gasteiger partial charge in [-0.2, -0.15) is 5.10 Å². The van der Waals surface area contributed by atoms with Crippen LogP contribution in [0.3, 0.4) is 0 Å². The number of guanidine groups is 1. The van der Waals surface area contributed by atoms with E-state index in [4.69, 9.17) is 4.74 Å². The van der Waals surface area contributed by atoms with Gasteiger partial charge >= 0.3 is 0 Å². The number of nitrogens with one attached hydrogen (secondary N) is 3. The Morgan fingerprint density at radius 3 is 2.81 bits per heavy atom. The van der Waals surface area contributed by atoms with Gasteiger partial charge in [0, 0.05) is 19.3 Å². The first-order chi connectivity index (χ1) is 12.8. The summed E-state index contributed by atoms with van der Waals surface area (Å²) in [5.41, 5.74) is 0.988. The lowest BCUT2D eigenvalue weighted by Gasteiger charge is -2.12. The van der Waals surface area contributed by atoms with Crippen molar-refractivity contribution in [3.63, 3.8) is 0 Å². The molecule has 1 aromatic heterocycles. The maximum absolute atomic E-state index is 5.86. The van der Waals surface area contributed by atoms with Crippen LogP contribution >= 0.6 is 0 Å². The van der Waals surface area contributed by atoms with Gasteiger partial charge in [-0.05, 0) is 42.3 Å². The first kappa shape index (κ1) is 17.8. The highest BCUT2D eigenvalue weighted by atomic mass is 16.5. The van der Waals surface area contributed by atoms with Gasteiger partial charge in [0.15, 0.2) is 5.96 Å². The van der Waals surface area contributed by atoms with E-state index in [1.54, 1.807) is 6.20 Å². The van der Waals surface area contributed by atoms with Gasteiger partial charge in [-0.3, -0.25) is 5.10 Å². The Bertz CT molecular complexity index is 829. The molecule has 3 N–H and O–H groups in total. The third kappa shape index (κ3) is 5.24. The molecule has 0 amide bonds. The van der Waals surface area contributed by atoms with Gasteiger partial charge in [0.25, 0.3) is 0 Å². The second kappa shape index (κ2) is 9.46. The molecule has 0 radical (unpaired) electrons. The van der Waals surface area contributed by atoms with Crippen LogP contribution < -0.4 is 15.4 Å². The van der Waals surface area contributed by atoms with Crippen LogP contribution in [0.4, 0.5) is 0 Å². The molecule has 0 saturated heterocycles. The smallest absolute Gasteiger partial charge is 0.191 e. The van der Waals surface area contributed by atoms with Crippen molar-refractivity contribution in [1.82, 2.24) is 20.8 Å². The number of fused-ring (bicyclic) bond motifs is 1. The van der Waals surface area contributed by atoms with Crippen molar-refractivity contribution in [1.29, 1.82) is 0 Å². The molecule has 3 rings (SSSR count). The van der Waals surface area contributed by atoms with E-state index in [9.17, 15) is 0 Å². The molecule has 6 heteroatoms. The molecular formula is C20H25N5O. The van der Waals surface area contributed by atoms with Crippen LogP contribution in [0.2, 0.25) is 0 Å². The zero-order valence-electron chi connectivity index (χ0n) is 15.0. The lowest BCUT2D eigenvalue weighted by Crippen LogP contribution is -2.38. The van der Waals surface area contributed by atoms with E-state index in [-0.39, 0.29) is 0 Å². The van der Waals surface area contributed by atoms with Gasteiger partial charge in [0.05, 0.1) is 18.8 Å². The minimum Gasteiger partial charge on any atom is -0.494 e. The average Bonchev–Trinajstić information content (AvgIpc) is 3.19. The molecule has 0 bridgehead atoms. The Labute approximate surface area is 153 Å². The number of aromatic amines is 1. The molecule has 0 spiro atoms. The molecule has 3 aromatic rings. The number of benzene rings is 2. The number of nitrogens with zero attached hydrogens (tertiary/aromatic N) is 2. The van der Waals surface area contributed by atoms with E-state index < -0.39 is 0 Å². The highest BCUT2D eigenvalue weighted by Gasteiger charge is 2.00. The summed E-state index contributed by atoms with van der Waals surface area (Å²) in [6.45, 7) is 4.90. The number of aromatic nitrogens is 2. The third-order valence-corrected chi connectivity index (χ3v) is 3.91. The maximum atomic E-state index is 5.86. The van der Waals surface area contributed by atoms with Crippen LogP contribution in [0, 0.1) is 0 Å². The summed E-state index contributed by atoms with van der Waals surface area (Å²) < 4.78 is 5.86.